The fourth-order valence-corrected chi connectivity index (χ4v) is 2.58. The minimum atomic E-state index is -0.733. The standard InChI is InChI=1S/C18H17N3O2/c1-19-18(23)16(12-6-3-2-4-7-12)21-17(22)14-8-5-9-15-13(14)10-11-20-15/h2-11,16,20H,1H3,(H,19,23)(H,21,22)/t16-/m0/s1. The number of nitrogens with one attached hydrogen (secondary N) is 3. The minimum Gasteiger partial charge on any atom is -0.361 e. The molecule has 3 rings (SSSR count). The molecule has 0 fully saturated rings. The lowest BCUT2D eigenvalue weighted by Gasteiger charge is -2.18. The van der Waals surface area contributed by atoms with Crippen LogP contribution < -0.4 is 10.6 Å². The maximum Gasteiger partial charge on any atom is 0.252 e. The number of aromatic amines is 1. The molecule has 0 aliphatic heterocycles. The third kappa shape index (κ3) is 2.94. The molecule has 1 heterocycles. The van der Waals surface area contributed by atoms with Gasteiger partial charge in [-0.25, -0.2) is 0 Å². The van der Waals surface area contributed by atoms with Crippen LogP contribution in [0.15, 0.2) is 60.8 Å². The molecule has 1 aromatic heterocycles. The second-order valence-electron chi connectivity index (χ2n) is 5.18. The lowest BCUT2D eigenvalue weighted by atomic mass is 10.0. The van der Waals surface area contributed by atoms with Gasteiger partial charge in [0, 0.05) is 29.7 Å². The number of hydrogen-bond acceptors (Lipinski definition) is 2. The lowest BCUT2D eigenvalue weighted by molar-refractivity contribution is -0.122. The smallest absolute Gasteiger partial charge is 0.252 e. The summed E-state index contributed by atoms with van der Waals surface area (Å²) in [6, 6.07) is 15.8. The average molecular weight is 307 g/mol. The van der Waals surface area contributed by atoms with E-state index in [2.05, 4.69) is 15.6 Å². The van der Waals surface area contributed by atoms with E-state index in [-0.39, 0.29) is 11.8 Å². The van der Waals surface area contributed by atoms with E-state index < -0.39 is 6.04 Å². The molecule has 0 bridgehead atoms. The number of carbonyl (C=O) groups excluding carboxylic acids is 2. The number of amides is 2. The van der Waals surface area contributed by atoms with Crippen LogP contribution in [0.5, 0.6) is 0 Å². The van der Waals surface area contributed by atoms with E-state index in [4.69, 9.17) is 0 Å². The molecular weight excluding hydrogens is 290 g/mol. The Bertz CT molecular complexity index is 840. The Labute approximate surface area is 133 Å². The molecule has 2 aromatic carbocycles. The molecule has 23 heavy (non-hydrogen) atoms. The summed E-state index contributed by atoms with van der Waals surface area (Å²) in [6.07, 6.45) is 1.79. The number of carbonyl (C=O) groups is 2. The first-order chi connectivity index (χ1) is 11.2. The molecule has 1 atom stereocenters. The quantitative estimate of drug-likeness (QED) is 0.692. The predicted octanol–water partition coefficient (Wildman–Crippen LogP) is 2.38. The zero-order chi connectivity index (χ0) is 16.2. The topological polar surface area (TPSA) is 74.0 Å². The molecule has 3 aromatic rings. The molecule has 2 amide bonds. The first-order valence-electron chi connectivity index (χ1n) is 7.34. The minimum absolute atomic E-state index is 0.259. The van der Waals surface area contributed by atoms with E-state index in [1.54, 1.807) is 19.3 Å². The fourth-order valence-electron chi connectivity index (χ4n) is 2.58. The van der Waals surface area contributed by atoms with E-state index in [0.717, 1.165) is 16.5 Å². The van der Waals surface area contributed by atoms with Gasteiger partial charge in [0.05, 0.1) is 0 Å². The Balaban J connectivity index is 1.92. The highest BCUT2D eigenvalue weighted by atomic mass is 16.2. The van der Waals surface area contributed by atoms with E-state index in [0.29, 0.717) is 5.56 Å². The second kappa shape index (κ2) is 6.36. The Morgan fingerprint density at radius 2 is 1.78 bits per heavy atom. The van der Waals surface area contributed by atoms with Gasteiger partial charge in [-0.05, 0) is 23.8 Å². The summed E-state index contributed by atoms with van der Waals surface area (Å²) < 4.78 is 0. The molecule has 0 unspecified atom stereocenters. The van der Waals surface area contributed by atoms with Crippen molar-refractivity contribution in [2.45, 2.75) is 6.04 Å². The van der Waals surface area contributed by atoms with Crippen LogP contribution in [-0.2, 0) is 4.79 Å². The van der Waals surface area contributed by atoms with Crippen molar-refractivity contribution in [1.82, 2.24) is 15.6 Å². The van der Waals surface area contributed by atoms with E-state index in [1.165, 1.54) is 0 Å². The molecule has 0 aliphatic carbocycles. The van der Waals surface area contributed by atoms with Gasteiger partial charge in [0.1, 0.15) is 6.04 Å². The van der Waals surface area contributed by atoms with Crippen LogP contribution in [0.1, 0.15) is 22.0 Å². The van der Waals surface area contributed by atoms with Crippen molar-refractivity contribution in [2.24, 2.45) is 0 Å². The van der Waals surface area contributed by atoms with Gasteiger partial charge in [-0.15, -0.1) is 0 Å². The van der Waals surface area contributed by atoms with E-state index >= 15 is 0 Å². The summed E-state index contributed by atoms with van der Waals surface area (Å²) in [6.45, 7) is 0. The van der Waals surface area contributed by atoms with Gasteiger partial charge in [-0.1, -0.05) is 36.4 Å². The van der Waals surface area contributed by atoms with Gasteiger partial charge < -0.3 is 15.6 Å². The summed E-state index contributed by atoms with van der Waals surface area (Å²) in [7, 11) is 1.55. The Morgan fingerprint density at radius 1 is 1.00 bits per heavy atom. The normalized spacial score (nSPS) is 11.9. The third-order valence-electron chi connectivity index (χ3n) is 3.76. The van der Waals surface area contributed by atoms with Crippen molar-refractivity contribution >= 4 is 22.7 Å². The molecule has 0 aliphatic rings. The molecule has 5 nitrogen and oxygen atoms in total. The highest BCUT2D eigenvalue weighted by Gasteiger charge is 2.23. The van der Waals surface area contributed by atoms with Crippen LogP contribution >= 0.6 is 0 Å². The van der Waals surface area contributed by atoms with Crippen molar-refractivity contribution in [2.75, 3.05) is 7.05 Å². The van der Waals surface area contributed by atoms with Gasteiger partial charge in [0.15, 0.2) is 0 Å². The first-order valence-corrected chi connectivity index (χ1v) is 7.34. The zero-order valence-corrected chi connectivity index (χ0v) is 12.7. The molecule has 0 radical (unpaired) electrons. The maximum absolute atomic E-state index is 12.7. The number of benzene rings is 2. The lowest BCUT2D eigenvalue weighted by Crippen LogP contribution is -2.39. The number of aromatic nitrogens is 1. The Hall–Kier alpha value is -3.08. The summed E-state index contributed by atoms with van der Waals surface area (Å²) >= 11 is 0. The number of H-pyrrole nitrogens is 1. The molecule has 0 spiro atoms. The van der Waals surface area contributed by atoms with Crippen molar-refractivity contribution in [3.8, 4) is 0 Å². The van der Waals surface area contributed by atoms with Gasteiger partial charge in [0.25, 0.3) is 5.91 Å². The van der Waals surface area contributed by atoms with Crippen LogP contribution in [0.3, 0.4) is 0 Å². The second-order valence-corrected chi connectivity index (χ2v) is 5.18. The number of likely N-dealkylation sites (N-methyl/N-ethyl adjacent to an activating group) is 1. The van der Waals surface area contributed by atoms with Crippen LogP contribution in [0.4, 0.5) is 0 Å². The zero-order valence-electron chi connectivity index (χ0n) is 12.7. The van der Waals surface area contributed by atoms with E-state index in [9.17, 15) is 9.59 Å². The van der Waals surface area contributed by atoms with Gasteiger partial charge in [-0.2, -0.15) is 0 Å². The van der Waals surface area contributed by atoms with Crippen molar-refractivity contribution < 1.29 is 9.59 Å². The Kier molecular flexibility index (Phi) is 4.10. The highest BCUT2D eigenvalue weighted by molar-refractivity contribution is 6.07. The highest BCUT2D eigenvalue weighted by Crippen LogP contribution is 2.19. The van der Waals surface area contributed by atoms with Crippen molar-refractivity contribution in [3.05, 3.63) is 71.9 Å². The van der Waals surface area contributed by atoms with Crippen LogP contribution in [0, 0.1) is 0 Å². The monoisotopic (exact) mass is 307 g/mol. The van der Waals surface area contributed by atoms with Gasteiger partial charge >= 0.3 is 0 Å². The number of rotatable bonds is 4. The Morgan fingerprint density at radius 3 is 2.52 bits per heavy atom. The molecule has 116 valence electrons. The molecule has 5 heteroatoms. The SMILES string of the molecule is CNC(=O)[C@@H](NC(=O)c1cccc2[nH]ccc12)c1ccccc1. The largest absolute Gasteiger partial charge is 0.361 e. The van der Waals surface area contributed by atoms with Gasteiger partial charge in [-0.3, -0.25) is 9.59 Å². The summed E-state index contributed by atoms with van der Waals surface area (Å²) in [4.78, 5) is 27.9. The predicted molar refractivity (Wildman–Crippen MR) is 89.0 cm³/mol. The first kappa shape index (κ1) is 14.8. The molecule has 0 saturated carbocycles. The van der Waals surface area contributed by atoms with Crippen molar-refractivity contribution in [1.29, 1.82) is 0 Å². The molecular formula is C18H17N3O2. The van der Waals surface area contributed by atoms with Gasteiger partial charge in [0.2, 0.25) is 5.91 Å². The summed E-state index contributed by atoms with van der Waals surface area (Å²) in [5.41, 5.74) is 2.16. The summed E-state index contributed by atoms with van der Waals surface area (Å²) in [5.74, 6) is -0.543. The number of hydrogen-bond donors (Lipinski definition) is 3. The summed E-state index contributed by atoms with van der Waals surface area (Å²) in [5, 5.41) is 6.24. The number of fused-ring (bicyclic) bond motifs is 1. The molecule has 0 saturated heterocycles. The van der Waals surface area contributed by atoms with Crippen LogP contribution in [0.25, 0.3) is 10.9 Å². The maximum atomic E-state index is 12.7. The average Bonchev–Trinajstić information content (AvgIpc) is 3.08. The van der Waals surface area contributed by atoms with E-state index in [1.807, 2.05) is 48.5 Å². The van der Waals surface area contributed by atoms with Crippen LogP contribution in [-0.4, -0.2) is 23.8 Å². The molecule has 3 N–H and O–H groups in total. The third-order valence-corrected chi connectivity index (χ3v) is 3.76. The van der Waals surface area contributed by atoms with Crippen LogP contribution in [0.2, 0.25) is 0 Å². The fraction of sp³-hybridized carbons (Fsp3) is 0.111. The van der Waals surface area contributed by atoms with Crippen molar-refractivity contribution in [3.63, 3.8) is 0 Å².